The summed E-state index contributed by atoms with van der Waals surface area (Å²) in [6.07, 6.45) is 1.62. The summed E-state index contributed by atoms with van der Waals surface area (Å²) in [4.78, 5) is 27.5. The maximum Gasteiger partial charge on any atom is 0.258 e. The maximum absolute atomic E-state index is 13.5. The molecule has 0 saturated heterocycles. The van der Waals surface area contributed by atoms with Crippen LogP contribution in [0.3, 0.4) is 0 Å². The summed E-state index contributed by atoms with van der Waals surface area (Å²) < 4.78 is 16.6. The number of carbonyl (C=O) groups excluding carboxylic acids is 1. The zero-order valence-corrected chi connectivity index (χ0v) is 20.2. The number of benzene rings is 3. The Bertz CT molecular complexity index is 1710. The number of amides is 1. The van der Waals surface area contributed by atoms with Crippen LogP contribution in [0.1, 0.15) is 15.9 Å². The van der Waals surface area contributed by atoms with E-state index < -0.39 is 0 Å². The second-order valence-corrected chi connectivity index (χ2v) is 8.98. The van der Waals surface area contributed by atoms with Gasteiger partial charge in [-0.25, -0.2) is 9.97 Å². The van der Waals surface area contributed by atoms with Crippen LogP contribution in [0.4, 0.5) is 5.13 Å². The van der Waals surface area contributed by atoms with Gasteiger partial charge >= 0.3 is 0 Å². The number of ether oxygens (including phenoxy) is 3. The molecule has 3 aromatic carbocycles. The van der Waals surface area contributed by atoms with Crippen molar-refractivity contribution in [2.24, 2.45) is 0 Å². The number of thiazole rings is 1. The first-order chi connectivity index (χ1) is 18.1. The van der Waals surface area contributed by atoms with Crippen molar-refractivity contribution in [3.8, 4) is 45.7 Å². The number of para-hydroxylation sites is 1. The van der Waals surface area contributed by atoms with E-state index >= 15 is 0 Å². The topological polar surface area (TPSA) is 119 Å². The Kier molecular flexibility index (Phi) is 5.59. The van der Waals surface area contributed by atoms with Gasteiger partial charge in [0.1, 0.15) is 5.75 Å². The normalized spacial score (nSPS) is 11.8. The quantitative estimate of drug-likeness (QED) is 0.341. The third-order valence-corrected chi connectivity index (χ3v) is 6.66. The molecule has 1 amide bonds. The van der Waals surface area contributed by atoms with Crippen molar-refractivity contribution in [1.29, 1.82) is 5.26 Å². The first-order valence-corrected chi connectivity index (χ1v) is 12.0. The van der Waals surface area contributed by atoms with E-state index in [4.69, 9.17) is 19.5 Å². The molecule has 0 spiro atoms. The SMILES string of the molecule is COc1ccccc1-c1cc2c(cc1C(=O)Nc1nc3ncc(-c4ccc(C#N)cc4)nc3s1)OCO2. The zero-order chi connectivity index (χ0) is 25.4. The summed E-state index contributed by atoms with van der Waals surface area (Å²) in [5, 5.41) is 12.3. The van der Waals surface area contributed by atoms with Crippen molar-refractivity contribution in [3.63, 3.8) is 0 Å². The highest BCUT2D eigenvalue weighted by Crippen LogP contribution is 2.41. The van der Waals surface area contributed by atoms with Crippen LogP contribution in [0.2, 0.25) is 0 Å². The van der Waals surface area contributed by atoms with E-state index in [9.17, 15) is 4.79 Å². The van der Waals surface area contributed by atoms with E-state index in [0.29, 0.717) is 55.2 Å². The standard InChI is InChI=1S/C27H17N5O4S/c1-34-21-5-3-2-4-17(21)18-10-22-23(36-14-35-22)11-19(18)25(33)32-27-31-24-26(37-27)30-20(13-29-24)16-8-6-15(12-28)7-9-16/h2-11,13H,14H2,1H3,(H,29,31,32,33). The number of carbonyl (C=O) groups is 1. The Labute approximate surface area is 214 Å². The summed E-state index contributed by atoms with van der Waals surface area (Å²) in [5.41, 5.74) is 4.23. The Balaban J connectivity index is 1.34. The number of fused-ring (bicyclic) bond motifs is 2. The summed E-state index contributed by atoms with van der Waals surface area (Å²) in [6.45, 7) is 0.0859. The van der Waals surface area contributed by atoms with E-state index in [-0.39, 0.29) is 12.7 Å². The predicted molar refractivity (Wildman–Crippen MR) is 138 cm³/mol. The number of nitrogens with one attached hydrogen (secondary N) is 1. The van der Waals surface area contributed by atoms with Gasteiger partial charge in [0.2, 0.25) is 6.79 Å². The summed E-state index contributed by atoms with van der Waals surface area (Å²) in [5.74, 6) is 1.30. The molecule has 0 unspecified atom stereocenters. The maximum atomic E-state index is 13.5. The molecule has 0 bridgehead atoms. The van der Waals surface area contributed by atoms with Crippen LogP contribution in [0.15, 0.2) is 66.9 Å². The number of nitriles is 1. The fourth-order valence-electron chi connectivity index (χ4n) is 4.01. The van der Waals surface area contributed by atoms with Crippen LogP contribution in [0.5, 0.6) is 17.2 Å². The number of anilines is 1. The van der Waals surface area contributed by atoms with Gasteiger partial charge < -0.3 is 14.2 Å². The van der Waals surface area contributed by atoms with Crippen LogP contribution in [0.25, 0.3) is 32.9 Å². The second kappa shape index (κ2) is 9.22. The van der Waals surface area contributed by atoms with Gasteiger partial charge in [-0.1, -0.05) is 41.7 Å². The number of rotatable bonds is 5. The van der Waals surface area contributed by atoms with E-state index in [1.807, 2.05) is 36.4 Å². The van der Waals surface area contributed by atoms with Gasteiger partial charge in [0.05, 0.1) is 36.2 Å². The fourth-order valence-corrected chi connectivity index (χ4v) is 4.81. The van der Waals surface area contributed by atoms with E-state index in [1.54, 1.807) is 37.6 Å². The van der Waals surface area contributed by atoms with Gasteiger partial charge in [-0.15, -0.1) is 0 Å². The molecule has 3 heterocycles. The number of aromatic nitrogens is 3. The molecule has 10 heteroatoms. The van der Waals surface area contributed by atoms with Crippen molar-refractivity contribution in [1.82, 2.24) is 15.0 Å². The molecule has 9 nitrogen and oxygen atoms in total. The molecule has 0 fully saturated rings. The molecule has 0 radical (unpaired) electrons. The Hall–Kier alpha value is -5.01. The van der Waals surface area contributed by atoms with Crippen molar-refractivity contribution in [2.45, 2.75) is 0 Å². The summed E-state index contributed by atoms with van der Waals surface area (Å²) >= 11 is 1.22. The lowest BCUT2D eigenvalue weighted by molar-refractivity contribution is 0.102. The van der Waals surface area contributed by atoms with Gasteiger partial charge in [-0.05, 0) is 30.3 Å². The lowest BCUT2D eigenvalue weighted by Crippen LogP contribution is -2.13. The molecule has 1 N–H and O–H groups in total. The lowest BCUT2D eigenvalue weighted by Gasteiger charge is -2.13. The van der Waals surface area contributed by atoms with Gasteiger partial charge in [0.15, 0.2) is 27.1 Å². The largest absolute Gasteiger partial charge is 0.496 e. The molecule has 0 saturated carbocycles. The average molecular weight is 508 g/mol. The Morgan fingerprint density at radius 1 is 1.05 bits per heavy atom. The number of hydrogen-bond acceptors (Lipinski definition) is 9. The third kappa shape index (κ3) is 4.17. The first kappa shape index (κ1) is 22.5. The summed E-state index contributed by atoms with van der Waals surface area (Å²) in [6, 6.07) is 20.1. The monoisotopic (exact) mass is 507 g/mol. The first-order valence-electron chi connectivity index (χ1n) is 11.2. The highest BCUT2D eigenvalue weighted by molar-refractivity contribution is 7.21. The Morgan fingerprint density at radius 2 is 1.84 bits per heavy atom. The minimum absolute atomic E-state index is 0.0859. The highest BCUT2D eigenvalue weighted by Gasteiger charge is 2.24. The molecule has 5 aromatic rings. The molecule has 1 aliphatic rings. The minimum atomic E-state index is -0.370. The molecule has 180 valence electrons. The minimum Gasteiger partial charge on any atom is -0.496 e. The Morgan fingerprint density at radius 3 is 2.62 bits per heavy atom. The molecule has 1 aliphatic heterocycles. The predicted octanol–water partition coefficient (Wildman–Crippen LogP) is 5.28. The van der Waals surface area contributed by atoms with Crippen LogP contribution in [-0.2, 0) is 0 Å². The lowest BCUT2D eigenvalue weighted by atomic mass is 9.97. The van der Waals surface area contributed by atoms with Crippen molar-refractivity contribution >= 4 is 32.9 Å². The average Bonchev–Trinajstić information content (AvgIpc) is 3.57. The van der Waals surface area contributed by atoms with E-state index in [2.05, 4.69) is 26.3 Å². The third-order valence-electron chi connectivity index (χ3n) is 5.81. The molecule has 6 rings (SSSR count). The van der Waals surface area contributed by atoms with Crippen molar-refractivity contribution in [2.75, 3.05) is 19.2 Å². The van der Waals surface area contributed by atoms with Crippen LogP contribution >= 0.6 is 11.3 Å². The van der Waals surface area contributed by atoms with E-state index in [1.165, 1.54) is 11.3 Å². The molecule has 37 heavy (non-hydrogen) atoms. The molecule has 2 aromatic heterocycles. The molecular weight excluding hydrogens is 490 g/mol. The highest BCUT2D eigenvalue weighted by atomic mass is 32.1. The molecular formula is C27H17N5O4S. The number of methoxy groups -OCH3 is 1. The zero-order valence-electron chi connectivity index (χ0n) is 19.4. The van der Waals surface area contributed by atoms with Gasteiger partial charge in [0, 0.05) is 16.7 Å². The number of hydrogen-bond donors (Lipinski definition) is 1. The number of nitrogens with zero attached hydrogens (tertiary/aromatic N) is 4. The van der Waals surface area contributed by atoms with Gasteiger partial charge in [-0.3, -0.25) is 10.1 Å². The van der Waals surface area contributed by atoms with Crippen LogP contribution in [-0.4, -0.2) is 34.8 Å². The molecule has 0 aliphatic carbocycles. The van der Waals surface area contributed by atoms with Crippen LogP contribution in [0, 0.1) is 11.3 Å². The smallest absolute Gasteiger partial charge is 0.258 e. The van der Waals surface area contributed by atoms with E-state index in [0.717, 1.165) is 11.1 Å². The van der Waals surface area contributed by atoms with Gasteiger partial charge in [-0.2, -0.15) is 10.2 Å². The van der Waals surface area contributed by atoms with Crippen molar-refractivity contribution < 1.29 is 19.0 Å². The van der Waals surface area contributed by atoms with Crippen molar-refractivity contribution in [3.05, 3.63) is 78.0 Å². The van der Waals surface area contributed by atoms with Gasteiger partial charge in [0.25, 0.3) is 5.91 Å². The van der Waals surface area contributed by atoms with Crippen LogP contribution < -0.4 is 19.5 Å². The summed E-state index contributed by atoms with van der Waals surface area (Å²) in [7, 11) is 1.58. The fraction of sp³-hybridized carbons (Fsp3) is 0.0741. The molecule has 0 atom stereocenters. The second-order valence-electron chi connectivity index (χ2n) is 8.00.